The summed E-state index contributed by atoms with van der Waals surface area (Å²) in [5.74, 6) is -1.04. The van der Waals surface area contributed by atoms with Gasteiger partial charge in [-0.1, -0.05) is 36.0 Å². The quantitative estimate of drug-likeness (QED) is 0.689. The molecule has 114 valence electrons. The molecule has 1 heterocycles. The van der Waals surface area contributed by atoms with Gasteiger partial charge in [0.25, 0.3) is 0 Å². The Labute approximate surface area is 143 Å². The molecule has 0 atom stereocenters. The molecule has 0 aliphatic heterocycles. The van der Waals surface area contributed by atoms with Crippen LogP contribution in [0.3, 0.4) is 0 Å². The third-order valence-corrected chi connectivity index (χ3v) is 4.61. The van der Waals surface area contributed by atoms with Crippen molar-refractivity contribution < 1.29 is 9.90 Å². The normalized spacial score (nSPS) is 10.6. The summed E-state index contributed by atoms with van der Waals surface area (Å²) < 4.78 is 2.21. The van der Waals surface area contributed by atoms with Crippen LogP contribution in [0.4, 0.5) is 0 Å². The fraction of sp³-hybridized carbons (Fsp3) is 0.0667. The van der Waals surface area contributed by atoms with E-state index in [4.69, 9.17) is 5.11 Å². The molecule has 0 amide bonds. The van der Waals surface area contributed by atoms with Crippen LogP contribution in [-0.4, -0.2) is 31.6 Å². The van der Waals surface area contributed by atoms with Gasteiger partial charge in [0, 0.05) is 10.8 Å². The van der Waals surface area contributed by atoms with Gasteiger partial charge in [0.2, 0.25) is 4.73 Å². The SMILES string of the molecule is N#Cc1ccc(-n2c(Br)nnc2SCC(=O)O)c2ccccc12. The monoisotopic (exact) mass is 388 g/mol. The van der Waals surface area contributed by atoms with Crippen LogP contribution >= 0.6 is 27.7 Å². The standard InChI is InChI=1S/C15H9BrN4O2S/c16-14-18-19-15(23-8-13(21)22)20(14)12-6-5-9(7-17)10-3-1-2-4-11(10)12/h1-6H,8H2,(H,21,22). The Bertz CT molecular complexity index is 948. The van der Waals surface area contributed by atoms with Gasteiger partial charge in [0.15, 0.2) is 5.16 Å². The summed E-state index contributed by atoms with van der Waals surface area (Å²) in [6.45, 7) is 0. The van der Waals surface area contributed by atoms with Gasteiger partial charge in [-0.3, -0.25) is 9.36 Å². The second-order valence-corrected chi connectivity index (χ2v) is 6.21. The van der Waals surface area contributed by atoms with Crippen LogP contribution in [0.2, 0.25) is 0 Å². The maximum absolute atomic E-state index is 10.8. The van der Waals surface area contributed by atoms with Crippen molar-refractivity contribution in [2.45, 2.75) is 5.16 Å². The number of benzene rings is 2. The fourth-order valence-corrected chi connectivity index (χ4v) is 3.47. The lowest BCUT2D eigenvalue weighted by atomic mass is 10.0. The van der Waals surface area contributed by atoms with Gasteiger partial charge in [0.05, 0.1) is 23.1 Å². The molecular formula is C15H9BrN4O2S. The summed E-state index contributed by atoms with van der Waals surface area (Å²) in [4.78, 5) is 10.8. The summed E-state index contributed by atoms with van der Waals surface area (Å²) in [6, 6.07) is 13.2. The van der Waals surface area contributed by atoms with Crippen molar-refractivity contribution in [3.8, 4) is 11.8 Å². The van der Waals surface area contributed by atoms with Gasteiger partial charge < -0.3 is 5.11 Å². The van der Waals surface area contributed by atoms with E-state index in [-0.39, 0.29) is 5.75 Å². The Hall–Kier alpha value is -2.37. The molecule has 3 aromatic rings. The number of aromatic nitrogens is 3. The fourth-order valence-electron chi connectivity index (χ4n) is 2.25. The van der Waals surface area contributed by atoms with Gasteiger partial charge in [0.1, 0.15) is 0 Å². The number of nitrogens with zero attached hydrogens (tertiary/aromatic N) is 4. The maximum atomic E-state index is 10.8. The van der Waals surface area contributed by atoms with Crippen LogP contribution in [0, 0.1) is 11.3 Å². The van der Waals surface area contributed by atoms with Crippen molar-refractivity contribution in [1.82, 2.24) is 14.8 Å². The van der Waals surface area contributed by atoms with Crippen LogP contribution in [-0.2, 0) is 4.79 Å². The molecule has 0 unspecified atom stereocenters. The molecule has 0 radical (unpaired) electrons. The Morgan fingerprint density at radius 3 is 2.70 bits per heavy atom. The average Bonchev–Trinajstić information content (AvgIpc) is 2.92. The van der Waals surface area contributed by atoms with Gasteiger partial charge in [-0.15, -0.1) is 10.2 Å². The molecule has 0 saturated heterocycles. The van der Waals surface area contributed by atoms with E-state index in [1.807, 2.05) is 24.3 Å². The number of carboxylic acid groups (broad SMARTS) is 1. The molecular weight excluding hydrogens is 380 g/mol. The van der Waals surface area contributed by atoms with Gasteiger partial charge in [-0.25, -0.2) is 0 Å². The zero-order valence-electron chi connectivity index (χ0n) is 11.6. The van der Waals surface area contributed by atoms with E-state index >= 15 is 0 Å². The summed E-state index contributed by atoms with van der Waals surface area (Å²) >= 11 is 4.43. The first-order valence-electron chi connectivity index (χ1n) is 6.49. The molecule has 0 saturated carbocycles. The largest absolute Gasteiger partial charge is 0.481 e. The van der Waals surface area contributed by atoms with Crippen LogP contribution in [0.15, 0.2) is 46.3 Å². The number of fused-ring (bicyclic) bond motifs is 1. The highest BCUT2D eigenvalue weighted by Crippen LogP contribution is 2.31. The second-order valence-electron chi connectivity index (χ2n) is 4.56. The Balaban J connectivity index is 2.20. The van der Waals surface area contributed by atoms with E-state index in [1.54, 1.807) is 16.7 Å². The smallest absolute Gasteiger partial charge is 0.313 e. The number of aliphatic carboxylic acids is 1. The van der Waals surface area contributed by atoms with Crippen molar-refractivity contribution in [2.75, 3.05) is 5.75 Å². The Morgan fingerprint density at radius 1 is 1.26 bits per heavy atom. The summed E-state index contributed by atoms with van der Waals surface area (Å²) in [7, 11) is 0. The Kier molecular flexibility index (Phi) is 4.32. The number of carbonyl (C=O) groups is 1. The van der Waals surface area contributed by atoms with Crippen LogP contribution in [0.1, 0.15) is 5.56 Å². The first kappa shape index (κ1) is 15.5. The number of nitriles is 1. The highest BCUT2D eigenvalue weighted by atomic mass is 79.9. The lowest BCUT2D eigenvalue weighted by Gasteiger charge is -2.11. The third-order valence-electron chi connectivity index (χ3n) is 3.18. The molecule has 3 rings (SSSR count). The minimum absolute atomic E-state index is 0.112. The zero-order chi connectivity index (χ0) is 16.4. The average molecular weight is 389 g/mol. The molecule has 0 aliphatic rings. The minimum atomic E-state index is -0.926. The molecule has 0 fully saturated rings. The predicted molar refractivity (Wildman–Crippen MR) is 89.6 cm³/mol. The molecule has 0 aliphatic carbocycles. The highest BCUT2D eigenvalue weighted by molar-refractivity contribution is 9.10. The van der Waals surface area contributed by atoms with E-state index in [0.29, 0.717) is 15.5 Å². The minimum Gasteiger partial charge on any atom is -0.481 e. The van der Waals surface area contributed by atoms with Crippen LogP contribution in [0.25, 0.3) is 16.5 Å². The van der Waals surface area contributed by atoms with Crippen molar-refractivity contribution in [1.29, 1.82) is 5.26 Å². The van der Waals surface area contributed by atoms with E-state index in [9.17, 15) is 10.1 Å². The molecule has 1 N–H and O–H groups in total. The lowest BCUT2D eigenvalue weighted by molar-refractivity contribution is -0.133. The summed E-state index contributed by atoms with van der Waals surface area (Å²) in [5, 5.41) is 28.2. The van der Waals surface area contributed by atoms with E-state index in [2.05, 4.69) is 32.2 Å². The highest BCUT2D eigenvalue weighted by Gasteiger charge is 2.16. The van der Waals surface area contributed by atoms with Gasteiger partial charge >= 0.3 is 5.97 Å². The number of hydrogen-bond donors (Lipinski definition) is 1. The van der Waals surface area contributed by atoms with Crippen LogP contribution < -0.4 is 0 Å². The lowest BCUT2D eigenvalue weighted by Crippen LogP contribution is -2.03. The first-order chi connectivity index (χ1) is 11.1. The molecule has 0 bridgehead atoms. The van der Waals surface area contributed by atoms with E-state index in [1.165, 1.54) is 0 Å². The zero-order valence-corrected chi connectivity index (χ0v) is 14.0. The molecule has 23 heavy (non-hydrogen) atoms. The number of carboxylic acids is 1. The number of thioether (sulfide) groups is 1. The number of rotatable bonds is 4. The van der Waals surface area contributed by atoms with Crippen LogP contribution in [0.5, 0.6) is 0 Å². The summed E-state index contributed by atoms with van der Waals surface area (Å²) in [5.41, 5.74) is 1.36. The number of hydrogen-bond acceptors (Lipinski definition) is 5. The number of halogens is 1. The Morgan fingerprint density at radius 2 is 2.00 bits per heavy atom. The third kappa shape index (κ3) is 2.93. The molecule has 8 heteroatoms. The second kappa shape index (κ2) is 6.40. The van der Waals surface area contributed by atoms with Crippen molar-refractivity contribution in [3.63, 3.8) is 0 Å². The van der Waals surface area contributed by atoms with Crippen molar-refractivity contribution in [3.05, 3.63) is 46.7 Å². The van der Waals surface area contributed by atoms with Gasteiger partial charge in [-0.2, -0.15) is 5.26 Å². The van der Waals surface area contributed by atoms with Gasteiger partial charge in [-0.05, 0) is 28.1 Å². The van der Waals surface area contributed by atoms with Crippen molar-refractivity contribution >= 4 is 44.4 Å². The molecule has 0 spiro atoms. The first-order valence-corrected chi connectivity index (χ1v) is 8.27. The van der Waals surface area contributed by atoms with E-state index < -0.39 is 5.97 Å². The molecule has 2 aromatic carbocycles. The topological polar surface area (TPSA) is 91.8 Å². The van der Waals surface area contributed by atoms with Crippen molar-refractivity contribution in [2.24, 2.45) is 0 Å². The van der Waals surface area contributed by atoms with E-state index in [0.717, 1.165) is 28.2 Å². The molecule has 6 nitrogen and oxygen atoms in total. The predicted octanol–water partition coefficient (Wildman–Crippen LogP) is 3.23. The maximum Gasteiger partial charge on any atom is 0.313 e. The summed E-state index contributed by atoms with van der Waals surface area (Å²) in [6.07, 6.45) is 0. The molecule has 1 aromatic heterocycles.